The van der Waals surface area contributed by atoms with Gasteiger partial charge in [-0.1, -0.05) is 36.4 Å². The van der Waals surface area contributed by atoms with Gasteiger partial charge < -0.3 is 9.84 Å². The Morgan fingerprint density at radius 2 is 1.94 bits per heavy atom. The second-order valence-corrected chi connectivity index (χ2v) is 3.73. The first-order valence-electron chi connectivity index (χ1n) is 5.81. The molecule has 0 radical (unpaired) electrons. The van der Waals surface area contributed by atoms with E-state index in [0.29, 0.717) is 12.4 Å². The van der Waals surface area contributed by atoms with Gasteiger partial charge in [-0.3, -0.25) is 4.98 Å². The van der Waals surface area contributed by atoms with Crippen LogP contribution >= 0.6 is 0 Å². The average Bonchev–Trinajstić information content (AvgIpc) is 2.44. The fourth-order valence-electron chi connectivity index (χ4n) is 1.52. The van der Waals surface area contributed by atoms with Gasteiger partial charge in [0.15, 0.2) is 0 Å². The van der Waals surface area contributed by atoms with E-state index in [9.17, 15) is 0 Å². The second kappa shape index (κ2) is 6.57. The van der Waals surface area contributed by atoms with E-state index in [-0.39, 0.29) is 6.61 Å². The highest BCUT2D eigenvalue weighted by Gasteiger charge is 1.95. The normalized spacial score (nSPS) is 10.7. The molecule has 1 aromatic heterocycles. The van der Waals surface area contributed by atoms with Gasteiger partial charge in [-0.15, -0.1) is 0 Å². The summed E-state index contributed by atoms with van der Waals surface area (Å²) in [7, 11) is 0. The lowest BCUT2D eigenvalue weighted by atomic mass is 10.2. The maximum atomic E-state index is 8.69. The lowest BCUT2D eigenvalue weighted by Gasteiger charge is -2.03. The van der Waals surface area contributed by atoms with Gasteiger partial charge in [0.25, 0.3) is 0 Å². The Hall–Kier alpha value is -2.13. The molecule has 1 heterocycles. The molecule has 0 bridgehead atoms. The zero-order chi connectivity index (χ0) is 12.6. The van der Waals surface area contributed by atoms with Crippen molar-refractivity contribution in [1.82, 2.24) is 4.98 Å². The van der Waals surface area contributed by atoms with E-state index < -0.39 is 0 Å². The van der Waals surface area contributed by atoms with Gasteiger partial charge in [-0.2, -0.15) is 0 Å². The number of aliphatic hydroxyl groups is 1. The third-order valence-electron chi connectivity index (χ3n) is 2.36. The number of aliphatic hydroxyl groups excluding tert-OH is 1. The van der Waals surface area contributed by atoms with Gasteiger partial charge >= 0.3 is 0 Å². The van der Waals surface area contributed by atoms with Gasteiger partial charge in [0.05, 0.1) is 12.3 Å². The fourth-order valence-corrected chi connectivity index (χ4v) is 1.52. The molecular weight excluding hydrogens is 226 g/mol. The van der Waals surface area contributed by atoms with E-state index in [1.54, 1.807) is 12.3 Å². The Balaban J connectivity index is 2.07. The quantitative estimate of drug-likeness (QED) is 0.875. The van der Waals surface area contributed by atoms with Crippen molar-refractivity contribution in [3.05, 3.63) is 59.9 Å². The highest BCUT2D eigenvalue weighted by atomic mass is 16.5. The maximum Gasteiger partial charge on any atom is 0.123 e. The van der Waals surface area contributed by atoms with E-state index in [2.05, 4.69) is 4.98 Å². The van der Waals surface area contributed by atoms with Crippen LogP contribution in [0.1, 0.15) is 11.3 Å². The molecule has 18 heavy (non-hydrogen) atoms. The number of rotatable bonds is 5. The number of hydrogen-bond donors (Lipinski definition) is 1. The molecule has 3 heteroatoms. The van der Waals surface area contributed by atoms with Crippen LogP contribution in [0.3, 0.4) is 0 Å². The van der Waals surface area contributed by atoms with Gasteiger partial charge in [0.1, 0.15) is 12.4 Å². The molecule has 0 saturated heterocycles. The van der Waals surface area contributed by atoms with E-state index in [0.717, 1.165) is 11.3 Å². The maximum absolute atomic E-state index is 8.69. The van der Waals surface area contributed by atoms with Crippen LogP contribution in [0.4, 0.5) is 0 Å². The monoisotopic (exact) mass is 241 g/mol. The molecule has 0 aliphatic carbocycles. The summed E-state index contributed by atoms with van der Waals surface area (Å²) in [5.41, 5.74) is 1.95. The third-order valence-corrected chi connectivity index (χ3v) is 2.36. The predicted octanol–water partition coefficient (Wildman–Crippen LogP) is 2.62. The van der Waals surface area contributed by atoms with E-state index in [1.807, 2.05) is 48.6 Å². The number of hydrogen-bond acceptors (Lipinski definition) is 3. The molecule has 0 unspecified atom stereocenters. The molecule has 2 aromatic rings. The molecule has 1 N–H and O–H groups in total. The number of ether oxygens (including phenoxy) is 1. The SMILES string of the molecule is OCCOc1ccnc(C=Cc2ccccc2)c1. The van der Waals surface area contributed by atoms with Crippen LogP contribution in [0.15, 0.2) is 48.7 Å². The summed E-state index contributed by atoms with van der Waals surface area (Å²) in [5, 5.41) is 8.69. The summed E-state index contributed by atoms with van der Waals surface area (Å²) >= 11 is 0. The molecule has 0 fully saturated rings. The van der Waals surface area contributed by atoms with Crippen molar-refractivity contribution in [3.8, 4) is 5.75 Å². The molecule has 0 saturated carbocycles. The minimum Gasteiger partial charge on any atom is -0.491 e. The molecular formula is C15H15NO2. The Kier molecular flexibility index (Phi) is 4.50. The second-order valence-electron chi connectivity index (χ2n) is 3.73. The summed E-state index contributed by atoms with van der Waals surface area (Å²) in [4.78, 5) is 4.23. The zero-order valence-electron chi connectivity index (χ0n) is 9.99. The summed E-state index contributed by atoms with van der Waals surface area (Å²) in [5.74, 6) is 0.715. The van der Waals surface area contributed by atoms with Crippen LogP contribution in [-0.4, -0.2) is 23.3 Å². The number of benzene rings is 1. The summed E-state index contributed by atoms with van der Waals surface area (Å²) in [6.45, 7) is 0.309. The first-order chi connectivity index (χ1) is 8.88. The third kappa shape index (κ3) is 3.71. The number of aromatic nitrogens is 1. The molecule has 0 aliphatic rings. The molecule has 0 aliphatic heterocycles. The van der Waals surface area contributed by atoms with Gasteiger partial charge in [-0.05, 0) is 17.7 Å². The highest BCUT2D eigenvalue weighted by molar-refractivity contribution is 5.68. The molecule has 3 nitrogen and oxygen atoms in total. The Bertz CT molecular complexity index is 509. The molecule has 1 aromatic carbocycles. The van der Waals surface area contributed by atoms with Crippen LogP contribution in [0, 0.1) is 0 Å². The van der Waals surface area contributed by atoms with Crippen LogP contribution in [0.5, 0.6) is 5.75 Å². The standard InChI is InChI=1S/C15H15NO2/c17-10-11-18-15-8-9-16-14(12-15)7-6-13-4-2-1-3-5-13/h1-9,12,17H,10-11H2. The minimum absolute atomic E-state index is 0.0114. The first-order valence-corrected chi connectivity index (χ1v) is 5.81. The average molecular weight is 241 g/mol. The van der Waals surface area contributed by atoms with Crippen molar-refractivity contribution >= 4 is 12.2 Å². The molecule has 92 valence electrons. The molecule has 0 amide bonds. The Labute approximate surface area is 106 Å². The predicted molar refractivity (Wildman–Crippen MR) is 72.2 cm³/mol. The number of nitrogens with zero attached hydrogens (tertiary/aromatic N) is 1. The summed E-state index contributed by atoms with van der Waals surface area (Å²) in [6, 6.07) is 13.6. The van der Waals surface area contributed by atoms with E-state index in [1.165, 1.54) is 0 Å². The van der Waals surface area contributed by atoms with E-state index in [4.69, 9.17) is 9.84 Å². The van der Waals surface area contributed by atoms with Gasteiger partial charge in [0, 0.05) is 12.3 Å². The fraction of sp³-hybridized carbons (Fsp3) is 0.133. The van der Waals surface area contributed by atoms with Crippen molar-refractivity contribution < 1.29 is 9.84 Å². The summed E-state index contributed by atoms with van der Waals surface area (Å²) in [6.07, 6.45) is 5.62. The molecule has 0 spiro atoms. The highest BCUT2D eigenvalue weighted by Crippen LogP contribution is 2.13. The molecule has 2 rings (SSSR count). The topological polar surface area (TPSA) is 42.4 Å². The van der Waals surface area contributed by atoms with Crippen LogP contribution in [0.25, 0.3) is 12.2 Å². The smallest absolute Gasteiger partial charge is 0.123 e. The zero-order valence-corrected chi connectivity index (χ0v) is 9.99. The lowest BCUT2D eigenvalue weighted by Crippen LogP contribution is -2.01. The van der Waals surface area contributed by atoms with Gasteiger partial charge in [0.2, 0.25) is 0 Å². The van der Waals surface area contributed by atoms with Crippen LogP contribution in [-0.2, 0) is 0 Å². The van der Waals surface area contributed by atoms with Crippen LogP contribution in [0.2, 0.25) is 0 Å². The molecule has 0 atom stereocenters. The summed E-state index contributed by atoms with van der Waals surface area (Å²) < 4.78 is 5.32. The van der Waals surface area contributed by atoms with E-state index >= 15 is 0 Å². The van der Waals surface area contributed by atoms with Crippen molar-refractivity contribution in [2.45, 2.75) is 0 Å². The largest absolute Gasteiger partial charge is 0.491 e. The Morgan fingerprint density at radius 1 is 1.11 bits per heavy atom. The van der Waals surface area contributed by atoms with Crippen molar-refractivity contribution in [2.75, 3.05) is 13.2 Å². The first kappa shape index (κ1) is 12.3. The van der Waals surface area contributed by atoms with Crippen LogP contribution < -0.4 is 4.74 Å². The minimum atomic E-state index is 0.0114. The van der Waals surface area contributed by atoms with Crippen molar-refractivity contribution in [3.63, 3.8) is 0 Å². The van der Waals surface area contributed by atoms with Gasteiger partial charge in [-0.25, -0.2) is 0 Å². The lowest BCUT2D eigenvalue weighted by molar-refractivity contribution is 0.201. The Morgan fingerprint density at radius 3 is 2.72 bits per heavy atom. The number of pyridine rings is 1. The van der Waals surface area contributed by atoms with Crippen molar-refractivity contribution in [1.29, 1.82) is 0 Å². The van der Waals surface area contributed by atoms with Crippen molar-refractivity contribution in [2.24, 2.45) is 0 Å².